The highest BCUT2D eigenvalue weighted by Crippen LogP contribution is 2.23. The van der Waals surface area contributed by atoms with Gasteiger partial charge in [0, 0.05) is 37.8 Å². The second-order valence-corrected chi connectivity index (χ2v) is 8.88. The maximum atomic E-state index is 12.8. The fraction of sp³-hybridized carbons (Fsp3) is 0.810. The Labute approximate surface area is 163 Å². The molecule has 0 radical (unpaired) electrons. The zero-order valence-electron chi connectivity index (χ0n) is 17.1. The highest BCUT2D eigenvalue weighted by molar-refractivity contribution is 5.76. The van der Waals surface area contributed by atoms with Crippen molar-refractivity contribution in [3.8, 4) is 0 Å². The van der Waals surface area contributed by atoms with Gasteiger partial charge in [0.1, 0.15) is 6.54 Å². The van der Waals surface area contributed by atoms with E-state index in [2.05, 4.69) is 32.9 Å². The predicted octanol–water partition coefficient (Wildman–Crippen LogP) is 1.77. The number of rotatable bonds is 4. The number of likely N-dealkylation sites (tertiary alicyclic amines) is 2. The quantitative estimate of drug-likeness (QED) is 0.807. The van der Waals surface area contributed by atoms with Gasteiger partial charge in [-0.1, -0.05) is 0 Å². The molecule has 2 fully saturated rings. The van der Waals surface area contributed by atoms with E-state index in [-0.39, 0.29) is 5.91 Å². The molecule has 0 aromatic carbocycles. The van der Waals surface area contributed by atoms with Gasteiger partial charge in [-0.05, 0) is 77.7 Å². The Bertz CT molecular complexity index is 641. The first-order valence-corrected chi connectivity index (χ1v) is 10.8. The first kappa shape index (κ1) is 18.9. The van der Waals surface area contributed by atoms with Crippen LogP contribution in [0.3, 0.4) is 0 Å². The van der Waals surface area contributed by atoms with Gasteiger partial charge < -0.3 is 14.7 Å². The second kappa shape index (κ2) is 8.31. The smallest absolute Gasteiger partial charge is 0.244 e. The SMILES string of the molecule is Cc1cc2n(n1)CC(=O)N(C1CCN(CCC3CCN(C)CC3)CC1)CC2. The lowest BCUT2D eigenvalue weighted by molar-refractivity contribution is -0.134. The van der Waals surface area contributed by atoms with Crippen LogP contribution < -0.4 is 0 Å². The van der Waals surface area contributed by atoms with Gasteiger partial charge >= 0.3 is 0 Å². The Hall–Kier alpha value is -1.40. The predicted molar refractivity (Wildman–Crippen MR) is 107 cm³/mol. The van der Waals surface area contributed by atoms with Crippen molar-refractivity contribution in [1.82, 2.24) is 24.5 Å². The molecule has 0 atom stereocenters. The molecule has 2 saturated heterocycles. The van der Waals surface area contributed by atoms with Crippen molar-refractivity contribution in [2.75, 3.05) is 46.3 Å². The first-order chi connectivity index (χ1) is 13.1. The number of piperidine rings is 2. The van der Waals surface area contributed by atoms with Crippen LogP contribution in [0.1, 0.15) is 43.5 Å². The molecule has 0 saturated carbocycles. The summed E-state index contributed by atoms with van der Waals surface area (Å²) in [7, 11) is 2.24. The van der Waals surface area contributed by atoms with E-state index in [0.717, 1.165) is 50.5 Å². The minimum Gasteiger partial charge on any atom is -0.338 e. The molecule has 4 heterocycles. The molecule has 6 heteroatoms. The molecule has 1 aromatic heterocycles. The molecule has 4 rings (SSSR count). The number of aromatic nitrogens is 2. The molecule has 150 valence electrons. The van der Waals surface area contributed by atoms with Gasteiger partial charge in [0.05, 0.1) is 5.69 Å². The summed E-state index contributed by atoms with van der Waals surface area (Å²) in [5, 5.41) is 4.48. The largest absolute Gasteiger partial charge is 0.338 e. The minimum atomic E-state index is 0.252. The summed E-state index contributed by atoms with van der Waals surface area (Å²) in [5.74, 6) is 1.17. The van der Waals surface area contributed by atoms with Gasteiger partial charge in [-0.3, -0.25) is 9.48 Å². The van der Waals surface area contributed by atoms with Crippen molar-refractivity contribution in [2.24, 2.45) is 5.92 Å². The Kier molecular flexibility index (Phi) is 5.83. The normalized spacial score (nSPS) is 24.2. The van der Waals surface area contributed by atoms with Gasteiger partial charge in [-0.2, -0.15) is 5.10 Å². The van der Waals surface area contributed by atoms with Crippen LogP contribution in [0.4, 0.5) is 0 Å². The molecule has 0 spiro atoms. The summed E-state index contributed by atoms with van der Waals surface area (Å²) < 4.78 is 1.91. The zero-order valence-corrected chi connectivity index (χ0v) is 17.1. The van der Waals surface area contributed by atoms with Crippen LogP contribution in [-0.2, 0) is 17.8 Å². The Balaban J connectivity index is 1.23. The lowest BCUT2D eigenvalue weighted by Gasteiger charge is -2.39. The molecule has 27 heavy (non-hydrogen) atoms. The maximum absolute atomic E-state index is 12.8. The first-order valence-electron chi connectivity index (χ1n) is 10.8. The molecule has 0 unspecified atom stereocenters. The Morgan fingerprint density at radius 1 is 1.07 bits per heavy atom. The number of hydrogen-bond acceptors (Lipinski definition) is 4. The summed E-state index contributed by atoms with van der Waals surface area (Å²) in [5.41, 5.74) is 2.23. The Morgan fingerprint density at radius 2 is 1.81 bits per heavy atom. The number of amides is 1. The summed E-state index contributed by atoms with van der Waals surface area (Å²) >= 11 is 0. The molecule has 0 N–H and O–H groups in total. The van der Waals surface area contributed by atoms with Gasteiger partial charge in [-0.15, -0.1) is 0 Å². The van der Waals surface area contributed by atoms with Gasteiger partial charge in [-0.25, -0.2) is 0 Å². The van der Waals surface area contributed by atoms with E-state index in [1.165, 1.54) is 44.6 Å². The van der Waals surface area contributed by atoms with E-state index in [9.17, 15) is 4.79 Å². The number of carbonyl (C=O) groups is 1. The molecular formula is C21H35N5O. The Morgan fingerprint density at radius 3 is 2.56 bits per heavy atom. The number of hydrogen-bond donors (Lipinski definition) is 0. The lowest BCUT2D eigenvalue weighted by atomic mass is 9.93. The van der Waals surface area contributed by atoms with Crippen molar-refractivity contribution < 1.29 is 4.79 Å². The summed E-state index contributed by atoms with van der Waals surface area (Å²) in [6.07, 6.45) is 7.26. The third kappa shape index (κ3) is 4.54. The van der Waals surface area contributed by atoms with Crippen LogP contribution in [0.2, 0.25) is 0 Å². The van der Waals surface area contributed by atoms with E-state index in [0.29, 0.717) is 12.6 Å². The molecule has 3 aliphatic heterocycles. The van der Waals surface area contributed by atoms with E-state index >= 15 is 0 Å². The van der Waals surface area contributed by atoms with Crippen molar-refractivity contribution >= 4 is 5.91 Å². The van der Waals surface area contributed by atoms with Crippen LogP contribution in [0.15, 0.2) is 6.07 Å². The van der Waals surface area contributed by atoms with E-state index in [1.807, 2.05) is 11.6 Å². The standard InChI is InChI=1S/C21H35N5O/c1-17-15-20-8-14-25(21(27)16-26(20)22-17)19-6-12-24(13-7-19)11-5-18-3-9-23(2)10-4-18/h15,18-19H,3-14,16H2,1-2H3. The number of carbonyl (C=O) groups excluding carboxylic acids is 1. The molecule has 3 aliphatic rings. The van der Waals surface area contributed by atoms with Crippen LogP contribution in [0.25, 0.3) is 0 Å². The van der Waals surface area contributed by atoms with Gasteiger partial charge in [0.15, 0.2) is 0 Å². The van der Waals surface area contributed by atoms with Crippen molar-refractivity contribution in [1.29, 1.82) is 0 Å². The maximum Gasteiger partial charge on any atom is 0.244 e. The second-order valence-electron chi connectivity index (χ2n) is 8.88. The highest BCUT2D eigenvalue weighted by atomic mass is 16.2. The topological polar surface area (TPSA) is 44.6 Å². The number of nitrogens with zero attached hydrogens (tertiary/aromatic N) is 5. The average molecular weight is 374 g/mol. The van der Waals surface area contributed by atoms with Crippen molar-refractivity contribution in [2.45, 2.75) is 58.0 Å². The van der Waals surface area contributed by atoms with Crippen molar-refractivity contribution in [3.05, 3.63) is 17.5 Å². The lowest BCUT2D eigenvalue weighted by Crippen LogP contribution is -2.48. The third-order valence-electron chi connectivity index (χ3n) is 6.89. The highest BCUT2D eigenvalue weighted by Gasteiger charge is 2.30. The van der Waals surface area contributed by atoms with Crippen molar-refractivity contribution in [3.63, 3.8) is 0 Å². The van der Waals surface area contributed by atoms with E-state index in [4.69, 9.17) is 0 Å². The van der Waals surface area contributed by atoms with Crippen LogP contribution in [-0.4, -0.2) is 82.7 Å². The molecular weight excluding hydrogens is 338 g/mol. The third-order valence-corrected chi connectivity index (χ3v) is 6.89. The van der Waals surface area contributed by atoms with Crippen LogP contribution in [0.5, 0.6) is 0 Å². The molecule has 6 nitrogen and oxygen atoms in total. The van der Waals surface area contributed by atoms with Crippen LogP contribution >= 0.6 is 0 Å². The molecule has 0 aliphatic carbocycles. The summed E-state index contributed by atoms with van der Waals surface area (Å²) in [4.78, 5) is 20.0. The molecule has 1 amide bonds. The van der Waals surface area contributed by atoms with E-state index < -0.39 is 0 Å². The fourth-order valence-corrected chi connectivity index (χ4v) is 5.07. The van der Waals surface area contributed by atoms with Gasteiger partial charge in [0.2, 0.25) is 5.91 Å². The zero-order chi connectivity index (χ0) is 18.8. The fourth-order valence-electron chi connectivity index (χ4n) is 5.07. The number of fused-ring (bicyclic) bond motifs is 1. The van der Waals surface area contributed by atoms with Crippen LogP contribution in [0, 0.1) is 12.8 Å². The van der Waals surface area contributed by atoms with E-state index in [1.54, 1.807) is 0 Å². The summed E-state index contributed by atoms with van der Waals surface area (Å²) in [6.45, 7) is 9.33. The molecule has 1 aromatic rings. The summed E-state index contributed by atoms with van der Waals surface area (Å²) in [6, 6.07) is 2.55. The van der Waals surface area contributed by atoms with Gasteiger partial charge in [0.25, 0.3) is 0 Å². The monoisotopic (exact) mass is 373 g/mol. The minimum absolute atomic E-state index is 0.252. The number of aryl methyl sites for hydroxylation is 1. The average Bonchev–Trinajstić information content (AvgIpc) is 2.94. The molecule has 0 bridgehead atoms.